The van der Waals surface area contributed by atoms with Crippen LogP contribution in [0.1, 0.15) is 17.4 Å². The molecule has 0 aliphatic rings. The standard InChI is InChI=1S/C14H11Br2NO3/c1-8(18)12-4-3-9(7-17-12)20-14-6-10(15)13(19-2)5-11(14)16/h3-7H,1-2H3. The Morgan fingerprint density at radius 1 is 1.15 bits per heavy atom. The zero-order valence-electron chi connectivity index (χ0n) is 10.8. The summed E-state index contributed by atoms with van der Waals surface area (Å²) in [5, 5.41) is 0. The van der Waals surface area contributed by atoms with Crippen molar-refractivity contribution in [2.75, 3.05) is 7.11 Å². The molecular weight excluding hydrogens is 390 g/mol. The summed E-state index contributed by atoms with van der Waals surface area (Å²) < 4.78 is 12.5. The lowest BCUT2D eigenvalue weighted by Gasteiger charge is -2.10. The number of rotatable bonds is 4. The van der Waals surface area contributed by atoms with Crippen LogP contribution >= 0.6 is 31.9 Å². The monoisotopic (exact) mass is 399 g/mol. The molecule has 0 saturated carbocycles. The average Bonchev–Trinajstić information content (AvgIpc) is 2.43. The second-order valence-corrected chi connectivity index (χ2v) is 5.66. The van der Waals surface area contributed by atoms with E-state index in [1.165, 1.54) is 13.1 Å². The second kappa shape index (κ2) is 6.37. The normalized spacial score (nSPS) is 10.2. The Hall–Kier alpha value is -1.40. The first-order chi connectivity index (χ1) is 9.51. The lowest BCUT2D eigenvalue weighted by Crippen LogP contribution is -1.96. The van der Waals surface area contributed by atoms with E-state index in [4.69, 9.17) is 9.47 Å². The number of hydrogen-bond acceptors (Lipinski definition) is 4. The lowest BCUT2D eigenvalue weighted by molar-refractivity contribution is 0.101. The first kappa shape index (κ1) is 15.0. The summed E-state index contributed by atoms with van der Waals surface area (Å²) in [6.45, 7) is 1.47. The fourth-order valence-corrected chi connectivity index (χ4v) is 2.41. The van der Waals surface area contributed by atoms with E-state index in [9.17, 15) is 4.79 Å². The number of ether oxygens (including phenoxy) is 2. The van der Waals surface area contributed by atoms with Crippen molar-refractivity contribution in [3.63, 3.8) is 0 Å². The van der Waals surface area contributed by atoms with Crippen LogP contribution in [0.25, 0.3) is 0 Å². The number of pyridine rings is 1. The Morgan fingerprint density at radius 3 is 2.35 bits per heavy atom. The zero-order chi connectivity index (χ0) is 14.7. The molecule has 0 saturated heterocycles. The van der Waals surface area contributed by atoms with E-state index >= 15 is 0 Å². The van der Waals surface area contributed by atoms with Gasteiger partial charge in [-0.3, -0.25) is 4.79 Å². The number of nitrogens with zero attached hydrogens (tertiary/aromatic N) is 1. The van der Waals surface area contributed by atoms with Crippen LogP contribution in [0.4, 0.5) is 0 Å². The molecule has 1 heterocycles. The molecule has 0 unspecified atom stereocenters. The van der Waals surface area contributed by atoms with Crippen molar-refractivity contribution >= 4 is 37.6 Å². The molecule has 0 aliphatic carbocycles. The molecule has 2 aromatic rings. The largest absolute Gasteiger partial charge is 0.496 e. The van der Waals surface area contributed by atoms with Crippen LogP contribution in [-0.2, 0) is 0 Å². The van der Waals surface area contributed by atoms with E-state index in [2.05, 4.69) is 36.8 Å². The number of Topliss-reactive ketones (excluding diaryl/α,β-unsaturated/α-hetero) is 1. The third-order valence-electron chi connectivity index (χ3n) is 2.53. The van der Waals surface area contributed by atoms with Crippen molar-refractivity contribution in [2.24, 2.45) is 0 Å². The first-order valence-electron chi connectivity index (χ1n) is 5.69. The van der Waals surface area contributed by atoms with Crippen LogP contribution in [0.2, 0.25) is 0 Å². The summed E-state index contributed by atoms with van der Waals surface area (Å²) >= 11 is 6.82. The summed E-state index contributed by atoms with van der Waals surface area (Å²) in [6, 6.07) is 6.93. The van der Waals surface area contributed by atoms with Crippen LogP contribution in [0.5, 0.6) is 17.2 Å². The number of aromatic nitrogens is 1. The first-order valence-corrected chi connectivity index (χ1v) is 7.27. The lowest BCUT2D eigenvalue weighted by atomic mass is 10.3. The van der Waals surface area contributed by atoms with Crippen LogP contribution in [0.3, 0.4) is 0 Å². The second-order valence-electron chi connectivity index (χ2n) is 3.95. The van der Waals surface area contributed by atoms with Crippen molar-refractivity contribution < 1.29 is 14.3 Å². The fourth-order valence-electron chi connectivity index (χ4n) is 1.52. The summed E-state index contributed by atoms with van der Waals surface area (Å²) in [7, 11) is 1.59. The van der Waals surface area contributed by atoms with E-state index in [-0.39, 0.29) is 5.78 Å². The van der Waals surface area contributed by atoms with Gasteiger partial charge >= 0.3 is 0 Å². The number of benzene rings is 1. The van der Waals surface area contributed by atoms with Crippen molar-refractivity contribution in [1.29, 1.82) is 0 Å². The predicted molar refractivity (Wildman–Crippen MR) is 82.7 cm³/mol. The molecule has 2 rings (SSSR count). The van der Waals surface area contributed by atoms with Crippen LogP contribution in [0.15, 0.2) is 39.4 Å². The fraction of sp³-hybridized carbons (Fsp3) is 0.143. The maximum absolute atomic E-state index is 11.2. The predicted octanol–water partition coefficient (Wildman–Crippen LogP) is 4.61. The Kier molecular flexibility index (Phi) is 4.77. The highest BCUT2D eigenvalue weighted by Crippen LogP contribution is 2.37. The smallest absolute Gasteiger partial charge is 0.178 e. The number of ketones is 1. The van der Waals surface area contributed by atoms with Gasteiger partial charge in [-0.1, -0.05) is 0 Å². The summed E-state index contributed by atoms with van der Waals surface area (Å²) in [4.78, 5) is 15.2. The van der Waals surface area contributed by atoms with Gasteiger partial charge < -0.3 is 9.47 Å². The van der Waals surface area contributed by atoms with Crippen molar-refractivity contribution in [1.82, 2.24) is 4.98 Å². The maximum Gasteiger partial charge on any atom is 0.178 e. The minimum atomic E-state index is -0.0788. The Labute approximate surface area is 133 Å². The molecule has 20 heavy (non-hydrogen) atoms. The minimum Gasteiger partial charge on any atom is -0.496 e. The minimum absolute atomic E-state index is 0.0788. The van der Waals surface area contributed by atoms with E-state index < -0.39 is 0 Å². The molecule has 0 N–H and O–H groups in total. The van der Waals surface area contributed by atoms with Gasteiger partial charge in [0.05, 0.1) is 22.3 Å². The Morgan fingerprint density at radius 2 is 1.80 bits per heavy atom. The molecule has 1 aromatic heterocycles. The molecule has 0 radical (unpaired) electrons. The van der Waals surface area contributed by atoms with Crippen molar-refractivity contribution in [3.05, 3.63) is 45.1 Å². The van der Waals surface area contributed by atoms with E-state index in [0.717, 1.165) is 8.95 Å². The van der Waals surface area contributed by atoms with Crippen molar-refractivity contribution in [2.45, 2.75) is 6.92 Å². The quantitative estimate of drug-likeness (QED) is 0.703. The highest BCUT2D eigenvalue weighted by Gasteiger charge is 2.10. The maximum atomic E-state index is 11.2. The Bertz CT molecular complexity index is 642. The van der Waals surface area contributed by atoms with Gasteiger partial charge in [0, 0.05) is 6.92 Å². The molecule has 0 atom stereocenters. The number of halogens is 2. The van der Waals surface area contributed by atoms with Crippen LogP contribution in [0, 0.1) is 0 Å². The van der Waals surface area contributed by atoms with E-state index in [0.29, 0.717) is 22.9 Å². The molecule has 1 aromatic carbocycles. The topological polar surface area (TPSA) is 48.4 Å². The summed E-state index contributed by atoms with van der Waals surface area (Å²) in [5.41, 5.74) is 0.410. The number of hydrogen-bond donors (Lipinski definition) is 0. The SMILES string of the molecule is COc1cc(Br)c(Oc2ccc(C(C)=O)nc2)cc1Br. The van der Waals surface area contributed by atoms with E-state index in [1.807, 2.05) is 0 Å². The van der Waals surface area contributed by atoms with Crippen LogP contribution < -0.4 is 9.47 Å². The molecule has 104 valence electrons. The van der Waals surface area contributed by atoms with Gasteiger partial charge in [0.15, 0.2) is 5.78 Å². The molecule has 6 heteroatoms. The average molecular weight is 401 g/mol. The van der Waals surface area contributed by atoms with Crippen LogP contribution in [-0.4, -0.2) is 17.9 Å². The number of carbonyl (C=O) groups excluding carboxylic acids is 1. The van der Waals surface area contributed by atoms with Gasteiger partial charge in [-0.05, 0) is 56.1 Å². The summed E-state index contributed by atoms with van der Waals surface area (Å²) in [6.07, 6.45) is 1.52. The molecule has 0 amide bonds. The van der Waals surface area contributed by atoms with Gasteiger partial charge in [0.1, 0.15) is 22.9 Å². The molecular formula is C14H11Br2NO3. The van der Waals surface area contributed by atoms with Gasteiger partial charge in [0.2, 0.25) is 0 Å². The highest BCUT2D eigenvalue weighted by atomic mass is 79.9. The number of carbonyl (C=O) groups is 1. The molecule has 0 fully saturated rings. The highest BCUT2D eigenvalue weighted by molar-refractivity contribution is 9.11. The molecule has 0 spiro atoms. The molecule has 4 nitrogen and oxygen atoms in total. The number of methoxy groups -OCH3 is 1. The molecule has 0 aliphatic heterocycles. The van der Waals surface area contributed by atoms with Gasteiger partial charge in [-0.2, -0.15) is 0 Å². The molecule has 0 bridgehead atoms. The van der Waals surface area contributed by atoms with Gasteiger partial charge in [-0.25, -0.2) is 4.98 Å². The zero-order valence-corrected chi connectivity index (χ0v) is 14.0. The Balaban J connectivity index is 2.25. The third-order valence-corrected chi connectivity index (χ3v) is 3.77. The third kappa shape index (κ3) is 3.37. The summed E-state index contributed by atoms with van der Waals surface area (Å²) in [5.74, 6) is 1.79. The van der Waals surface area contributed by atoms with Gasteiger partial charge in [0.25, 0.3) is 0 Å². The van der Waals surface area contributed by atoms with Gasteiger partial charge in [-0.15, -0.1) is 0 Å². The van der Waals surface area contributed by atoms with Crippen molar-refractivity contribution in [3.8, 4) is 17.2 Å². The van der Waals surface area contributed by atoms with E-state index in [1.54, 1.807) is 31.4 Å².